The molecule has 1 fully saturated rings. The van der Waals surface area contributed by atoms with Crippen molar-refractivity contribution in [2.24, 2.45) is 0 Å². The first-order chi connectivity index (χ1) is 14.5. The molecule has 7 nitrogen and oxygen atoms in total. The normalized spacial score (nSPS) is 16.0. The number of ether oxygens (including phenoxy) is 2. The monoisotopic (exact) mass is 405 g/mol. The maximum Gasteiger partial charge on any atom is 0.262 e. The first-order valence-electron chi connectivity index (χ1n) is 9.60. The average molecular weight is 405 g/mol. The van der Waals surface area contributed by atoms with Crippen molar-refractivity contribution in [3.05, 3.63) is 70.8 Å². The number of benzene rings is 2. The van der Waals surface area contributed by atoms with E-state index in [1.807, 2.05) is 6.07 Å². The summed E-state index contributed by atoms with van der Waals surface area (Å²) in [7, 11) is 0. The van der Waals surface area contributed by atoms with Crippen molar-refractivity contribution in [3.63, 3.8) is 0 Å². The summed E-state index contributed by atoms with van der Waals surface area (Å²) in [6, 6.07) is 15.2. The predicted molar refractivity (Wildman–Crippen MR) is 107 cm³/mol. The Balaban J connectivity index is 1.57. The number of nitrogens with one attached hydrogen (secondary N) is 1. The van der Waals surface area contributed by atoms with E-state index in [1.54, 1.807) is 36.4 Å². The van der Waals surface area contributed by atoms with Gasteiger partial charge in [0, 0.05) is 13.2 Å². The van der Waals surface area contributed by atoms with Crippen LogP contribution in [0.1, 0.15) is 34.3 Å². The number of carboxylic acid groups (broad SMARTS) is 1. The van der Waals surface area contributed by atoms with Crippen LogP contribution in [0.2, 0.25) is 0 Å². The number of aromatic carboxylic acids is 1. The summed E-state index contributed by atoms with van der Waals surface area (Å²) in [5.41, 5.74) is 1.50. The third kappa shape index (κ3) is 5.93. The van der Waals surface area contributed by atoms with E-state index in [9.17, 15) is 20.0 Å². The van der Waals surface area contributed by atoms with Crippen molar-refractivity contribution in [2.75, 3.05) is 13.2 Å². The lowest BCUT2D eigenvalue weighted by molar-refractivity contribution is -0.255. The number of carbonyl (C=O) groups is 2. The van der Waals surface area contributed by atoms with Crippen LogP contribution >= 0.6 is 0 Å². The Labute approximate surface area is 174 Å². The van der Waals surface area contributed by atoms with Crippen LogP contribution in [0.3, 0.4) is 0 Å². The van der Waals surface area contributed by atoms with Crippen molar-refractivity contribution in [3.8, 4) is 11.8 Å². The number of rotatable bonds is 8. The zero-order chi connectivity index (χ0) is 21.3. The van der Waals surface area contributed by atoms with E-state index in [0.29, 0.717) is 30.0 Å². The van der Waals surface area contributed by atoms with Gasteiger partial charge in [-0.2, -0.15) is 5.26 Å². The van der Waals surface area contributed by atoms with Crippen LogP contribution in [-0.2, 0) is 16.1 Å². The Morgan fingerprint density at radius 1 is 1.27 bits per heavy atom. The minimum atomic E-state index is -1.24. The first-order valence-corrected chi connectivity index (χ1v) is 9.60. The Morgan fingerprint density at radius 3 is 2.73 bits per heavy atom. The molecule has 1 aliphatic heterocycles. The molecule has 0 bridgehead atoms. The number of carbonyl (C=O) groups excluding carboxylic acids is 2. The van der Waals surface area contributed by atoms with Crippen molar-refractivity contribution in [1.82, 2.24) is 5.32 Å². The van der Waals surface area contributed by atoms with Gasteiger partial charge in [0.25, 0.3) is 5.91 Å². The lowest BCUT2D eigenvalue weighted by Crippen LogP contribution is -2.32. The van der Waals surface area contributed by atoms with Gasteiger partial charge in [0.05, 0.1) is 12.1 Å². The quantitative estimate of drug-likeness (QED) is 0.530. The molecule has 1 atom stereocenters. The number of hydrogen-bond donors (Lipinski definition) is 1. The van der Waals surface area contributed by atoms with E-state index in [0.717, 1.165) is 12.8 Å². The Kier molecular flexibility index (Phi) is 7.19. The molecule has 3 rings (SSSR count). The standard InChI is InChI=1S/C23H22N2O5/c24-13-19(22(26)25-14-21-5-2-10-29-21)11-16-6-8-20(9-7-16)30-15-17-3-1-4-18(12-17)23(27)28/h1,3-4,6-9,11-12,21H,2,5,10,14-15H2,(H,25,26)(H,27,28)/p-1/b19-11+/t21-/m0/s1. The zero-order valence-corrected chi connectivity index (χ0v) is 16.3. The zero-order valence-electron chi connectivity index (χ0n) is 16.3. The van der Waals surface area contributed by atoms with Gasteiger partial charge in [0.2, 0.25) is 0 Å². The minimum absolute atomic E-state index is 0.0118. The van der Waals surface area contributed by atoms with Gasteiger partial charge in [-0.15, -0.1) is 0 Å². The largest absolute Gasteiger partial charge is 0.545 e. The van der Waals surface area contributed by atoms with Gasteiger partial charge in [-0.05, 0) is 53.8 Å². The lowest BCUT2D eigenvalue weighted by Gasteiger charge is -2.10. The maximum atomic E-state index is 12.2. The molecule has 1 amide bonds. The highest BCUT2D eigenvalue weighted by Gasteiger charge is 2.17. The Morgan fingerprint density at radius 2 is 2.07 bits per heavy atom. The van der Waals surface area contributed by atoms with Crippen LogP contribution in [-0.4, -0.2) is 31.1 Å². The Hall–Kier alpha value is -3.63. The van der Waals surface area contributed by atoms with Crippen LogP contribution in [0.15, 0.2) is 54.1 Å². The fraction of sp³-hybridized carbons (Fsp3) is 0.261. The number of nitrogens with zero attached hydrogens (tertiary/aromatic N) is 1. The molecule has 2 aromatic rings. The second-order valence-corrected chi connectivity index (χ2v) is 6.86. The fourth-order valence-corrected chi connectivity index (χ4v) is 3.04. The van der Waals surface area contributed by atoms with Gasteiger partial charge in [-0.3, -0.25) is 4.79 Å². The second kappa shape index (κ2) is 10.2. The van der Waals surface area contributed by atoms with Crippen LogP contribution in [0.25, 0.3) is 6.08 Å². The molecule has 0 unspecified atom stereocenters. The maximum absolute atomic E-state index is 12.2. The van der Waals surface area contributed by atoms with E-state index in [1.165, 1.54) is 18.2 Å². The number of hydrogen-bond acceptors (Lipinski definition) is 6. The third-order valence-electron chi connectivity index (χ3n) is 4.64. The summed E-state index contributed by atoms with van der Waals surface area (Å²) in [5.74, 6) is -1.09. The lowest BCUT2D eigenvalue weighted by atomic mass is 10.1. The topological polar surface area (TPSA) is 111 Å². The summed E-state index contributed by atoms with van der Waals surface area (Å²) in [6.07, 6.45) is 3.42. The highest BCUT2D eigenvalue weighted by atomic mass is 16.5. The van der Waals surface area contributed by atoms with E-state index < -0.39 is 11.9 Å². The van der Waals surface area contributed by atoms with Crippen LogP contribution < -0.4 is 15.2 Å². The molecule has 2 aromatic carbocycles. The summed E-state index contributed by atoms with van der Waals surface area (Å²) in [4.78, 5) is 23.1. The molecule has 154 valence electrons. The van der Waals surface area contributed by atoms with Gasteiger partial charge in [-0.1, -0.05) is 30.3 Å². The highest BCUT2D eigenvalue weighted by Crippen LogP contribution is 2.17. The summed E-state index contributed by atoms with van der Waals surface area (Å²) in [5, 5.41) is 22.9. The minimum Gasteiger partial charge on any atom is -0.545 e. The van der Waals surface area contributed by atoms with Crippen molar-refractivity contribution < 1.29 is 24.2 Å². The van der Waals surface area contributed by atoms with Crippen molar-refractivity contribution in [2.45, 2.75) is 25.6 Å². The summed E-state index contributed by atoms with van der Waals surface area (Å²) < 4.78 is 11.1. The molecule has 0 aliphatic carbocycles. The van der Waals surface area contributed by atoms with E-state index in [-0.39, 0.29) is 23.8 Å². The summed E-state index contributed by atoms with van der Waals surface area (Å²) in [6.45, 7) is 1.30. The molecule has 0 spiro atoms. The SMILES string of the molecule is N#C/C(=C\c1ccc(OCc2cccc(C(=O)[O-])c2)cc1)C(=O)NC[C@@H]1CCCO1. The van der Waals surface area contributed by atoms with Crippen LogP contribution in [0.5, 0.6) is 5.75 Å². The smallest absolute Gasteiger partial charge is 0.262 e. The molecule has 30 heavy (non-hydrogen) atoms. The molecule has 0 saturated carbocycles. The predicted octanol–water partition coefficient (Wildman–Crippen LogP) is 1.83. The van der Waals surface area contributed by atoms with Crippen LogP contribution in [0, 0.1) is 11.3 Å². The van der Waals surface area contributed by atoms with E-state index in [2.05, 4.69) is 5.32 Å². The first kappa shape index (κ1) is 21.1. The Bertz CT molecular complexity index is 970. The molecular formula is C23H21N2O5-. The van der Waals surface area contributed by atoms with E-state index in [4.69, 9.17) is 9.47 Å². The molecule has 0 aromatic heterocycles. The number of carboxylic acids is 1. The van der Waals surface area contributed by atoms with Crippen molar-refractivity contribution in [1.29, 1.82) is 5.26 Å². The third-order valence-corrected chi connectivity index (χ3v) is 4.64. The molecule has 0 radical (unpaired) electrons. The molecule has 1 heterocycles. The van der Waals surface area contributed by atoms with Gasteiger partial charge in [-0.25, -0.2) is 0 Å². The number of amides is 1. The van der Waals surface area contributed by atoms with Crippen molar-refractivity contribution >= 4 is 18.0 Å². The van der Waals surface area contributed by atoms with Crippen LogP contribution in [0.4, 0.5) is 0 Å². The summed E-state index contributed by atoms with van der Waals surface area (Å²) >= 11 is 0. The fourth-order valence-electron chi connectivity index (χ4n) is 3.04. The van der Waals surface area contributed by atoms with Gasteiger partial charge < -0.3 is 24.7 Å². The highest BCUT2D eigenvalue weighted by molar-refractivity contribution is 6.01. The molecule has 1 N–H and O–H groups in total. The molecule has 7 heteroatoms. The molecule has 1 saturated heterocycles. The molecular weight excluding hydrogens is 384 g/mol. The van der Waals surface area contributed by atoms with E-state index >= 15 is 0 Å². The number of nitriles is 1. The van der Waals surface area contributed by atoms with Gasteiger partial charge >= 0.3 is 0 Å². The second-order valence-electron chi connectivity index (χ2n) is 6.86. The molecule has 1 aliphatic rings. The van der Waals surface area contributed by atoms with Gasteiger partial charge in [0.15, 0.2) is 0 Å². The average Bonchev–Trinajstić information content (AvgIpc) is 3.29. The van der Waals surface area contributed by atoms with Gasteiger partial charge in [0.1, 0.15) is 24.0 Å².